The van der Waals surface area contributed by atoms with Gasteiger partial charge in [0.1, 0.15) is 0 Å². The molecule has 3 nitrogen and oxygen atoms in total. The van der Waals surface area contributed by atoms with E-state index in [2.05, 4.69) is 5.92 Å². The van der Waals surface area contributed by atoms with Gasteiger partial charge in [0.05, 0.1) is 10.5 Å². The summed E-state index contributed by atoms with van der Waals surface area (Å²) in [7, 11) is 0. The molecule has 1 rings (SSSR count). The number of alkyl halides is 3. The van der Waals surface area contributed by atoms with E-state index in [0.29, 0.717) is 6.07 Å². The van der Waals surface area contributed by atoms with Crippen molar-refractivity contribution in [3.05, 3.63) is 39.4 Å². The lowest BCUT2D eigenvalue weighted by Gasteiger charge is -2.07. The fourth-order valence-electron chi connectivity index (χ4n) is 1.16. The van der Waals surface area contributed by atoms with E-state index >= 15 is 0 Å². The Hall–Kier alpha value is -2.03. The molecule has 0 saturated carbocycles. The molecule has 0 N–H and O–H groups in total. The van der Waals surface area contributed by atoms with Crippen molar-refractivity contribution >= 4 is 5.69 Å². The van der Waals surface area contributed by atoms with E-state index in [-0.39, 0.29) is 12.0 Å². The third-order valence-electron chi connectivity index (χ3n) is 1.82. The summed E-state index contributed by atoms with van der Waals surface area (Å²) < 4.78 is 37.1. The van der Waals surface area contributed by atoms with Crippen molar-refractivity contribution in [1.29, 1.82) is 0 Å². The number of hydrogen-bond acceptors (Lipinski definition) is 2. The summed E-state index contributed by atoms with van der Waals surface area (Å²) in [5, 5.41) is 10.4. The number of rotatable bonds is 2. The van der Waals surface area contributed by atoms with Gasteiger partial charge in [0.25, 0.3) is 5.69 Å². The zero-order chi connectivity index (χ0) is 12.3. The summed E-state index contributed by atoms with van der Waals surface area (Å²) in [4.78, 5) is 9.54. The molecule has 6 heteroatoms. The summed E-state index contributed by atoms with van der Waals surface area (Å²) >= 11 is 0. The van der Waals surface area contributed by atoms with Gasteiger partial charge in [-0.05, 0) is 11.6 Å². The number of benzene rings is 1. The first-order valence-corrected chi connectivity index (χ1v) is 4.13. The zero-order valence-corrected chi connectivity index (χ0v) is 7.91. The van der Waals surface area contributed by atoms with E-state index in [0.717, 1.165) is 12.1 Å². The summed E-state index contributed by atoms with van der Waals surface area (Å²) in [6.07, 6.45) is 0.250. The fraction of sp³-hybridized carbons (Fsp3) is 0.200. The van der Waals surface area contributed by atoms with Crippen LogP contribution in [-0.4, -0.2) is 4.92 Å². The van der Waals surface area contributed by atoms with Gasteiger partial charge in [-0.25, -0.2) is 0 Å². The molecule has 1 aromatic rings. The van der Waals surface area contributed by atoms with Crippen LogP contribution in [0.2, 0.25) is 0 Å². The van der Waals surface area contributed by atoms with Crippen LogP contribution in [0.4, 0.5) is 18.9 Å². The molecule has 0 aliphatic carbocycles. The van der Waals surface area contributed by atoms with Crippen LogP contribution >= 0.6 is 0 Å². The van der Waals surface area contributed by atoms with Gasteiger partial charge in [-0.2, -0.15) is 13.2 Å². The van der Waals surface area contributed by atoms with Crippen LogP contribution in [0.5, 0.6) is 0 Å². The Bertz CT molecular complexity index is 460. The second kappa shape index (κ2) is 4.23. The molecular formula is C10H6F3NO2. The van der Waals surface area contributed by atoms with Crippen molar-refractivity contribution in [2.24, 2.45) is 0 Å². The molecule has 0 aromatic heterocycles. The third kappa shape index (κ3) is 2.73. The Morgan fingerprint density at radius 1 is 1.38 bits per heavy atom. The summed E-state index contributed by atoms with van der Waals surface area (Å²) in [6, 6.07) is 2.34. The van der Waals surface area contributed by atoms with Gasteiger partial charge in [0.15, 0.2) is 0 Å². The minimum absolute atomic E-state index is 0.0786. The van der Waals surface area contributed by atoms with Gasteiger partial charge in [0, 0.05) is 18.6 Å². The average Bonchev–Trinajstić information content (AvgIpc) is 2.16. The minimum Gasteiger partial charge on any atom is -0.258 e. The first-order chi connectivity index (χ1) is 7.34. The maximum absolute atomic E-state index is 12.4. The van der Waals surface area contributed by atoms with Crippen molar-refractivity contribution < 1.29 is 18.1 Å². The molecule has 0 atom stereocenters. The predicted octanol–water partition coefficient (Wildman–Crippen LogP) is 2.79. The molecule has 0 amide bonds. The molecule has 16 heavy (non-hydrogen) atoms. The molecule has 0 bridgehead atoms. The topological polar surface area (TPSA) is 43.1 Å². The first kappa shape index (κ1) is 12.0. The number of nitrogens with zero attached hydrogens (tertiary/aromatic N) is 1. The SMILES string of the molecule is C#CCc1cc([N+](=O)[O-])cc(C(F)(F)F)c1. The van der Waals surface area contributed by atoms with Crippen molar-refractivity contribution in [1.82, 2.24) is 0 Å². The Kier molecular flexibility index (Phi) is 3.18. The molecule has 0 saturated heterocycles. The van der Waals surface area contributed by atoms with Crippen LogP contribution in [0.1, 0.15) is 11.1 Å². The van der Waals surface area contributed by atoms with Crippen LogP contribution in [0.15, 0.2) is 18.2 Å². The summed E-state index contributed by atoms with van der Waals surface area (Å²) in [5.41, 5.74) is -1.57. The molecular weight excluding hydrogens is 223 g/mol. The van der Waals surface area contributed by atoms with Crippen LogP contribution < -0.4 is 0 Å². The maximum Gasteiger partial charge on any atom is 0.416 e. The van der Waals surface area contributed by atoms with Gasteiger partial charge in [-0.15, -0.1) is 12.3 Å². The zero-order valence-electron chi connectivity index (χ0n) is 7.91. The quantitative estimate of drug-likeness (QED) is 0.444. The second-order valence-electron chi connectivity index (χ2n) is 3.02. The van der Waals surface area contributed by atoms with Crippen molar-refractivity contribution in [2.75, 3.05) is 0 Å². The van der Waals surface area contributed by atoms with Gasteiger partial charge in [-0.3, -0.25) is 10.1 Å². The monoisotopic (exact) mass is 229 g/mol. The Morgan fingerprint density at radius 3 is 2.44 bits per heavy atom. The summed E-state index contributed by atoms with van der Waals surface area (Å²) in [5.74, 6) is 2.14. The number of terminal acetylenes is 1. The summed E-state index contributed by atoms with van der Waals surface area (Å²) in [6.45, 7) is 0. The normalized spacial score (nSPS) is 10.9. The van der Waals surface area contributed by atoms with Crippen molar-refractivity contribution in [2.45, 2.75) is 12.6 Å². The van der Waals surface area contributed by atoms with E-state index < -0.39 is 22.4 Å². The minimum atomic E-state index is -4.62. The average molecular weight is 229 g/mol. The van der Waals surface area contributed by atoms with Gasteiger partial charge in [0.2, 0.25) is 0 Å². The molecule has 0 radical (unpaired) electrons. The molecule has 0 heterocycles. The smallest absolute Gasteiger partial charge is 0.258 e. The first-order valence-electron chi connectivity index (χ1n) is 4.13. The van der Waals surface area contributed by atoms with E-state index in [1.807, 2.05) is 0 Å². The predicted molar refractivity (Wildman–Crippen MR) is 50.6 cm³/mol. The van der Waals surface area contributed by atoms with Crippen LogP contribution in [0.25, 0.3) is 0 Å². The standard InChI is InChI=1S/C10H6F3NO2/c1-2-3-7-4-8(10(11,12)13)6-9(5-7)14(15)16/h1,4-6H,3H2. The van der Waals surface area contributed by atoms with Crippen LogP contribution in [0, 0.1) is 22.5 Å². The fourth-order valence-corrected chi connectivity index (χ4v) is 1.16. The highest BCUT2D eigenvalue weighted by Crippen LogP contribution is 2.32. The third-order valence-corrected chi connectivity index (χ3v) is 1.82. The molecule has 0 spiro atoms. The van der Waals surface area contributed by atoms with Crippen LogP contribution in [0.3, 0.4) is 0 Å². The Balaban J connectivity index is 3.31. The van der Waals surface area contributed by atoms with Crippen molar-refractivity contribution in [3.8, 4) is 12.3 Å². The molecule has 0 fully saturated rings. The molecule has 84 valence electrons. The molecule has 1 aromatic carbocycles. The molecule has 0 aliphatic heterocycles. The van der Waals surface area contributed by atoms with E-state index in [1.165, 1.54) is 0 Å². The lowest BCUT2D eigenvalue weighted by molar-refractivity contribution is -0.385. The highest BCUT2D eigenvalue weighted by molar-refractivity contribution is 5.41. The second-order valence-corrected chi connectivity index (χ2v) is 3.02. The Labute approximate surface area is 89.0 Å². The lowest BCUT2D eigenvalue weighted by Crippen LogP contribution is -2.06. The number of non-ortho nitro benzene ring substituents is 1. The Morgan fingerprint density at radius 2 is 2.00 bits per heavy atom. The van der Waals surface area contributed by atoms with Gasteiger partial charge in [-0.1, -0.05) is 0 Å². The highest BCUT2D eigenvalue weighted by Gasteiger charge is 2.32. The van der Waals surface area contributed by atoms with E-state index in [4.69, 9.17) is 6.42 Å². The number of nitro benzene ring substituents is 1. The van der Waals surface area contributed by atoms with E-state index in [1.54, 1.807) is 0 Å². The number of hydrogen-bond donors (Lipinski definition) is 0. The van der Waals surface area contributed by atoms with Gasteiger partial charge >= 0.3 is 6.18 Å². The van der Waals surface area contributed by atoms with E-state index in [9.17, 15) is 23.3 Å². The maximum atomic E-state index is 12.4. The van der Waals surface area contributed by atoms with Gasteiger partial charge < -0.3 is 0 Å². The lowest BCUT2D eigenvalue weighted by atomic mass is 10.1. The molecule has 0 aliphatic rings. The van der Waals surface area contributed by atoms with Crippen LogP contribution in [-0.2, 0) is 12.6 Å². The number of halogens is 3. The number of nitro groups is 1. The largest absolute Gasteiger partial charge is 0.416 e. The van der Waals surface area contributed by atoms with Crippen molar-refractivity contribution in [3.63, 3.8) is 0 Å². The molecule has 0 unspecified atom stereocenters. The highest BCUT2D eigenvalue weighted by atomic mass is 19.4.